The van der Waals surface area contributed by atoms with Crippen LogP contribution >= 0.6 is 11.8 Å². The predicted molar refractivity (Wildman–Crippen MR) is 108 cm³/mol. The van der Waals surface area contributed by atoms with Crippen molar-refractivity contribution in [1.82, 2.24) is 10.2 Å². The number of nitrogens with zero attached hydrogens (tertiary/aromatic N) is 1. The molecular weight excluding hydrogens is 366 g/mol. The Morgan fingerprint density at radius 1 is 1.22 bits per heavy atom. The van der Waals surface area contributed by atoms with Crippen LogP contribution in [0, 0.1) is 0 Å². The molecule has 2 aliphatic heterocycles. The number of thioether (sulfide) groups is 1. The Bertz CT molecular complexity index is 631. The first-order chi connectivity index (χ1) is 13.2. The zero-order chi connectivity index (χ0) is 19.1. The van der Waals surface area contributed by atoms with Gasteiger partial charge >= 0.3 is 6.03 Å². The van der Waals surface area contributed by atoms with Gasteiger partial charge in [0, 0.05) is 25.2 Å². The molecule has 8 heteroatoms. The SMILES string of the molecule is COc1cccc(NC(=O)NCC2(N3CCOCC3)CCSCC2)c1OC. The quantitative estimate of drug-likeness (QED) is 0.771. The Balaban J connectivity index is 1.64. The van der Waals surface area contributed by atoms with Crippen LogP contribution in [-0.2, 0) is 4.74 Å². The highest BCUT2D eigenvalue weighted by Gasteiger charge is 2.39. The molecule has 7 nitrogen and oxygen atoms in total. The lowest BCUT2D eigenvalue weighted by Crippen LogP contribution is -2.60. The number of amides is 2. The van der Waals surface area contributed by atoms with Gasteiger partial charge in [0.25, 0.3) is 0 Å². The van der Waals surface area contributed by atoms with E-state index < -0.39 is 0 Å². The molecule has 0 radical (unpaired) electrons. The van der Waals surface area contributed by atoms with Crippen LogP contribution in [0.25, 0.3) is 0 Å². The summed E-state index contributed by atoms with van der Waals surface area (Å²) in [6.07, 6.45) is 2.17. The Morgan fingerprint density at radius 2 is 1.96 bits per heavy atom. The molecule has 2 fully saturated rings. The minimum Gasteiger partial charge on any atom is -0.493 e. The van der Waals surface area contributed by atoms with Crippen LogP contribution in [0.5, 0.6) is 11.5 Å². The van der Waals surface area contributed by atoms with Crippen molar-refractivity contribution in [3.63, 3.8) is 0 Å². The molecule has 0 atom stereocenters. The highest BCUT2D eigenvalue weighted by molar-refractivity contribution is 7.99. The molecule has 2 saturated heterocycles. The van der Waals surface area contributed by atoms with Crippen LogP contribution in [0.2, 0.25) is 0 Å². The van der Waals surface area contributed by atoms with Gasteiger partial charge in [-0.3, -0.25) is 4.90 Å². The zero-order valence-corrected chi connectivity index (χ0v) is 16.9. The van der Waals surface area contributed by atoms with Gasteiger partial charge in [-0.2, -0.15) is 11.8 Å². The number of carbonyl (C=O) groups excluding carboxylic acids is 1. The Hall–Kier alpha value is -1.64. The number of hydrogen-bond acceptors (Lipinski definition) is 6. The van der Waals surface area contributed by atoms with Crippen molar-refractivity contribution >= 4 is 23.5 Å². The number of ether oxygens (including phenoxy) is 3. The van der Waals surface area contributed by atoms with Crippen LogP contribution < -0.4 is 20.1 Å². The van der Waals surface area contributed by atoms with Crippen LogP contribution in [0.4, 0.5) is 10.5 Å². The fraction of sp³-hybridized carbons (Fsp3) is 0.632. The topological polar surface area (TPSA) is 72.1 Å². The molecule has 150 valence electrons. The van der Waals surface area contributed by atoms with Gasteiger partial charge in [0.05, 0.1) is 33.1 Å². The standard InChI is InChI=1S/C19H29N3O4S/c1-24-16-5-3-4-15(17(16)25-2)21-18(23)20-14-19(6-12-27-13-7-19)22-8-10-26-11-9-22/h3-5H,6-14H2,1-2H3,(H2,20,21,23). The lowest BCUT2D eigenvalue weighted by molar-refractivity contribution is -0.0249. The molecule has 2 amide bonds. The third-order valence-electron chi connectivity index (χ3n) is 5.33. The Kier molecular flexibility index (Phi) is 7.09. The van der Waals surface area contributed by atoms with Crippen molar-refractivity contribution in [2.45, 2.75) is 18.4 Å². The van der Waals surface area contributed by atoms with E-state index >= 15 is 0 Å². The average molecular weight is 396 g/mol. The first-order valence-corrected chi connectivity index (χ1v) is 10.5. The summed E-state index contributed by atoms with van der Waals surface area (Å²) >= 11 is 1.99. The second-order valence-corrected chi connectivity index (χ2v) is 8.01. The first-order valence-electron chi connectivity index (χ1n) is 9.35. The van der Waals surface area contributed by atoms with Gasteiger partial charge in [-0.1, -0.05) is 6.07 Å². The number of morpholine rings is 1. The number of nitrogens with one attached hydrogen (secondary N) is 2. The average Bonchev–Trinajstić information content (AvgIpc) is 2.73. The molecular formula is C19H29N3O4S. The normalized spacial score (nSPS) is 19.9. The summed E-state index contributed by atoms with van der Waals surface area (Å²) in [7, 11) is 3.14. The number of anilines is 1. The first kappa shape index (κ1) is 20.1. The van der Waals surface area contributed by atoms with Crippen molar-refractivity contribution < 1.29 is 19.0 Å². The molecule has 0 aromatic heterocycles. The van der Waals surface area contributed by atoms with E-state index in [9.17, 15) is 4.79 Å². The van der Waals surface area contributed by atoms with Crippen molar-refractivity contribution in [2.75, 3.05) is 63.9 Å². The monoisotopic (exact) mass is 395 g/mol. The molecule has 3 rings (SSSR count). The summed E-state index contributed by atoms with van der Waals surface area (Å²) in [5.74, 6) is 3.37. The molecule has 0 bridgehead atoms. The van der Waals surface area contributed by atoms with Gasteiger partial charge in [-0.05, 0) is 36.5 Å². The third-order valence-corrected chi connectivity index (χ3v) is 6.32. The number of urea groups is 1. The third kappa shape index (κ3) is 4.80. The van der Waals surface area contributed by atoms with E-state index in [0.717, 1.165) is 50.7 Å². The van der Waals surface area contributed by atoms with Gasteiger partial charge in [0.1, 0.15) is 0 Å². The summed E-state index contributed by atoms with van der Waals surface area (Å²) in [5.41, 5.74) is 0.610. The minimum atomic E-state index is -0.229. The van der Waals surface area contributed by atoms with Gasteiger partial charge < -0.3 is 24.8 Å². The van der Waals surface area contributed by atoms with E-state index in [0.29, 0.717) is 23.7 Å². The van der Waals surface area contributed by atoms with Gasteiger partial charge in [-0.25, -0.2) is 4.79 Å². The number of hydrogen-bond donors (Lipinski definition) is 2. The van der Waals surface area contributed by atoms with Gasteiger partial charge in [-0.15, -0.1) is 0 Å². The Labute approximate surface area is 165 Å². The number of rotatable bonds is 6. The fourth-order valence-corrected chi connectivity index (χ4v) is 5.04. The van der Waals surface area contributed by atoms with Crippen molar-refractivity contribution in [3.05, 3.63) is 18.2 Å². The van der Waals surface area contributed by atoms with Gasteiger partial charge in [0.15, 0.2) is 11.5 Å². The summed E-state index contributed by atoms with van der Waals surface area (Å²) in [5, 5.41) is 5.98. The molecule has 1 aromatic rings. The van der Waals surface area contributed by atoms with E-state index in [1.54, 1.807) is 26.4 Å². The molecule has 0 saturated carbocycles. The minimum absolute atomic E-state index is 0.0187. The smallest absolute Gasteiger partial charge is 0.319 e. The lowest BCUT2D eigenvalue weighted by atomic mass is 9.89. The lowest BCUT2D eigenvalue weighted by Gasteiger charge is -2.48. The molecule has 1 aromatic carbocycles. The summed E-state index contributed by atoms with van der Waals surface area (Å²) in [6, 6.07) is 5.20. The van der Waals surface area contributed by atoms with Crippen molar-refractivity contribution in [1.29, 1.82) is 0 Å². The Morgan fingerprint density at radius 3 is 2.63 bits per heavy atom. The summed E-state index contributed by atoms with van der Waals surface area (Å²) < 4.78 is 16.2. The second-order valence-electron chi connectivity index (χ2n) is 6.78. The maximum absolute atomic E-state index is 12.6. The molecule has 0 unspecified atom stereocenters. The molecule has 0 aliphatic carbocycles. The van der Waals surface area contributed by atoms with E-state index in [2.05, 4.69) is 15.5 Å². The summed E-state index contributed by atoms with van der Waals surface area (Å²) in [4.78, 5) is 15.1. The number of carbonyl (C=O) groups is 1. The van der Waals surface area contributed by atoms with Crippen molar-refractivity contribution in [3.8, 4) is 11.5 Å². The van der Waals surface area contributed by atoms with Crippen molar-refractivity contribution in [2.24, 2.45) is 0 Å². The molecule has 27 heavy (non-hydrogen) atoms. The number of methoxy groups -OCH3 is 2. The number of benzene rings is 1. The van der Waals surface area contributed by atoms with E-state index in [-0.39, 0.29) is 11.6 Å². The fourth-order valence-electron chi connectivity index (χ4n) is 3.79. The molecule has 2 aliphatic rings. The van der Waals surface area contributed by atoms with Crippen LogP contribution in [0.3, 0.4) is 0 Å². The van der Waals surface area contributed by atoms with Crippen LogP contribution in [0.15, 0.2) is 18.2 Å². The number of para-hydroxylation sites is 1. The maximum atomic E-state index is 12.6. The zero-order valence-electron chi connectivity index (χ0n) is 16.1. The molecule has 2 N–H and O–H groups in total. The van der Waals surface area contributed by atoms with E-state index in [1.807, 2.05) is 17.8 Å². The van der Waals surface area contributed by atoms with Crippen LogP contribution in [0.1, 0.15) is 12.8 Å². The maximum Gasteiger partial charge on any atom is 0.319 e. The highest BCUT2D eigenvalue weighted by atomic mass is 32.2. The van der Waals surface area contributed by atoms with Gasteiger partial charge in [0.2, 0.25) is 0 Å². The van der Waals surface area contributed by atoms with E-state index in [4.69, 9.17) is 14.2 Å². The highest BCUT2D eigenvalue weighted by Crippen LogP contribution is 2.35. The van der Waals surface area contributed by atoms with E-state index in [1.165, 1.54) is 0 Å². The van der Waals surface area contributed by atoms with Crippen LogP contribution in [-0.4, -0.2) is 75.0 Å². The molecule has 0 spiro atoms. The largest absolute Gasteiger partial charge is 0.493 e. The molecule has 2 heterocycles. The predicted octanol–water partition coefficient (Wildman–Crippen LogP) is 2.42. The second kappa shape index (κ2) is 9.52. The summed E-state index contributed by atoms with van der Waals surface area (Å²) in [6.45, 7) is 4.02.